The molecule has 11 heteroatoms. The molecule has 0 aliphatic carbocycles. The number of methoxy groups -OCH3 is 1. The number of nitrogens with zero attached hydrogens (tertiary/aromatic N) is 3. The standard InChI is InChI=1S/C26H32Cl2N4O5/c1-18(2)37-23-13-12-21(15-22(23)28)29-25(31(3)16-19-8-10-20(27)11-9-19)30-26(35)32(17-33)14-6-5-7-24(34)36-4/h8-13,15,17-18H,5-7,14,16H2,1-4H3,(H,29,30,35). The van der Waals surface area contributed by atoms with Gasteiger partial charge in [0.1, 0.15) is 5.75 Å². The average Bonchev–Trinajstić information content (AvgIpc) is 2.86. The Labute approximate surface area is 227 Å². The number of benzene rings is 2. The van der Waals surface area contributed by atoms with Crippen molar-refractivity contribution in [2.45, 2.75) is 45.8 Å². The average molecular weight is 551 g/mol. The molecular formula is C26H32Cl2N4O5. The highest BCUT2D eigenvalue weighted by Gasteiger charge is 2.18. The minimum Gasteiger partial charge on any atom is -0.489 e. The van der Waals surface area contributed by atoms with Crippen LogP contribution in [-0.4, -0.2) is 61.0 Å². The number of imide groups is 1. The van der Waals surface area contributed by atoms with E-state index in [0.717, 1.165) is 10.5 Å². The number of hydrogen-bond acceptors (Lipinski definition) is 6. The summed E-state index contributed by atoms with van der Waals surface area (Å²) >= 11 is 12.4. The van der Waals surface area contributed by atoms with Crippen molar-refractivity contribution in [3.63, 3.8) is 0 Å². The van der Waals surface area contributed by atoms with Crippen molar-refractivity contribution in [3.8, 4) is 5.75 Å². The third-order valence-corrected chi connectivity index (χ3v) is 5.62. The number of amides is 3. The molecule has 2 aromatic rings. The molecule has 0 radical (unpaired) electrons. The van der Waals surface area contributed by atoms with Crippen LogP contribution >= 0.6 is 23.2 Å². The number of halogens is 2. The number of ether oxygens (including phenoxy) is 2. The molecule has 0 heterocycles. The normalized spacial score (nSPS) is 11.2. The summed E-state index contributed by atoms with van der Waals surface area (Å²) in [5, 5.41) is 3.70. The number of urea groups is 1. The van der Waals surface area contributed by atoms with Gasteiger partial charge in [0.25, 0.3) is 0 Å². The van der Waals surface area contributed by atoms with E-state index in [4.69, 9.17) is 27.9 Å². The number of unbranched alkanes of at least 4 members (excludes halogenated alkanes) is 1. The van der Waals surface area contributed by atoms with Gasteiger partial charge in [-0.3, -0.25) is 19.8 Å². The predicted octanol–water partition coefficient (Wildman–Crippen LogP) is 5.41. The molecule has 0 saturated heterocycles. The van der Waals surface area contributed by atoms with Gasteiger partial charge < -0.3 is 14.4 Å². The third kappa shape index (κ3) is 10.3. The van der Waals surface area contributed by atoms with Crippen molar-refractivity contribution < 1.29 is 23.9 Å². The van der Waals surface area contributed by atoms with E-state index in [1.807, 2.05) is 26.0 Å². The predicted molar refractivity (Wildman–Crippen MR) is 144 cm³/mol. The lowest BCUT2D eigenvalue weighted by molar-refractivity contribution is -0.140. The van der Waals surface area contributed by atoms with Gasteiger partial charge in [0.05, 0.1) is 23.9 Å². The number of esters is 1. The molecule has 0 aliphatic heterocycles. The van der Waals surface area contributed by atoms with Crippen LogP contribution in [0.2, 0.25) is 10.0 Å². The highest BCUT2D eigenvalue weighted by Crippen LogP contribution is 2.30. The van der Waals surface area contributed by atoms with Crippen LogP contribution in [0.4, 0.5) is 10.5 Å². The fraction of sp³-hybridized carbons (Fsp3) is 0.385. The summed E-state index contributed by atoms with van der Waals surface area (Å²) in [5.74, 6) is 0.383. The topological polar surface area (TPSA) is 101 Å². The Morgan fingerprint density at radius 1 is 1.11 bits per heavy atom. The number of carbonyl (C=O) groups excluding carboxylic acids is 3. The molecule has 0 bridgehead atoms. The number of guanidine groups is 1. The Hall–Kier alpha value is -3.30. The second-order valence-corrected chi connectivity index (χ2v) is 9.31. The molecule has 37 heavy (non-hydrogen) atoms. The molecule has 9 nitrogen and oxygen atoms in total. The first-order chi connectivity index (χ1) is 17.6. The number of nitrogens with one attached hydrogen (secondary N) is 1. The number of aliphatic imine (C=N–C) groups is 1. The molecule has 0 unspecified atom stereocenters. The lowest BCUT2D eigenvalue weighted by Gasteiger charge is -2.24. The van der Waals surface area contributed by atoms with Crippen molar-refractivity contribution in [2.24, 2.45) is 4.99 Å². The maximum Gasteiger partial charge on any atom is 0.330 e. The van der Waals surface area contributed by atoms with Crippen molar-refractivity contribution in [2.75, 3.05) is 20.7 Å². The Kier molecular flexibility index (Phi) is 12.2. The van der Waals surface area contributed by atoms with E-state index in [2.05, 4.69) is 15.0 Å². The van der Waals surface area contributed by atoms with Crippen LogP contribution in [0.5, 0.6) is 5.75 Å². The maximum atomic E-state index is 12.9. The lowest BCUT2D eigenvalue weighted by Crippen LogP contribution is -2.48. The van der Waals surface area contributed by atoms with E-state index in [9.17, 15) is 14.4 Å². The second kappa shape index (κ2) is 15.1. The van der Waals surface area contributed by atoms with Crippen LogP contribution in [0.1, 0.15) is 38.7 Å². The molecule has 0 atom stereocenters. The van der Waals surface area contributed by atoms with Crippen LogP contribution in [0.3, 0.4) is 0 Å². The molecule has 2 aromatic carbocycles. The van der Waals surface area contributed by atoms with Gasteiger partial charge in [0.2, 0.25) is 12.4 Å². The Bertz CT molecular complexity index is 1090. The largest absolute Gasteiger partial charge is 0.489 e. The van der Waals surface area contributed by atoms with Gasteiger partial charge in [0.15, 0.2) is 0 Å². The summed E-state index contributed by atoms with van der Waals surface area (Å²) in [4.78, 5) is 43.1. The smallest absolute Gasteiger partial charge is 0.330 e. The molecule has 0 spiro atoms. The van der Waals surface area contributed by atoms with Gasteiger partial charge in [-0.15, -0.1) is 0 Å². The highest BCUT2D eigenvalue weighted by atomic mass is 35.5. The van der Waals surface area contributed by atoms with Crippen molar-refractivity contribution in [1.82, 2.24) is 15.1 Å². The Morgan fingerprint density at radius 3 is 2.41 bits per heavy atom. The number of carbonyl (C=O) groups is 3. The van der Waals surface area contributed by atoms with E-state index in [1.165, 1.54) is 7.11 Å². The van der Waals surface area contributed by atoms with Gasteiger partial charge in [-0.05, 0) is 62.6 Å². The molecule has 0 aliphatic rings. The van der Waals surface area contributed by atoms with Crippen LogP contribution in [0.15, 0.2) is 47.5 Å². The number of rotatable bonds is 11. The van der Waals surface area contributed by atoms with Crippen LogP contribution < -0.4 is 10.1 Å². The van der Waals surface area contributed by atoms with Crippen molar-refractivity contribution in [1.29, 1.82) is 0 Å². The highest BCUT2D eigenvalue weighted by molar-refractivity contribution is 6.32. The fourth-order valence-corrected chi connectivity index (χ4v) is 3.55. The Morgan fingerprint density at radius 2 is 1.81 bits per heavy atom. The Balaban J connectivity index is 2.23. The van der Waals surface area contributed by atoms with Gasteiger partial charge in [0, 0.05) is 31.6 Å². The van der Waals surface area contributed by atoms with Gasteiger partial charge in [-0.2, -0.15) is 0 Å². The van der Waals surface area contributed by atoms with Crippen LogP contribution in [0.25, 0.3) is 0 Å². The summed E-state index contributed by atoms with van der Waals surface area (Å²) < 4.78 is 10.3. The SMILES string of the molecule is COC(=O)CCCCN(C=O)C(=O)N/C(=N\c1ccc(OC(C)C)c(Cl)c1)N(C)Cc1ccc(Cl)cc1. The van der Waals surface area contributed by atoms with E-state index >= 15 is 0 Å². The van der Waals surface area contributed by atoms with E-state index in [-0.39, 0.29) is 31.0 Å². The zero-order chi connectivity index (χ0) is 27.4. The lowest BCUT2D eigenvalue weighted by atomic mass is 10.2. The van der Waals surface area contributed by atoms with Crippen molar-refractivity contribution in [3.05, 3.63) is 58.1 Å². The zero-order valence-corrected chi connectivity index (χ0v) is 22.9. The minimum atomic E-state index is -0.652. The quantitative estimate of drug-likeness (QED) is 0.132. The first-order valence-electron chi connectivity index (χ1n) is 11.7. The second-order valence-electron chi connectivity index (χ2n) is 8.46. The van der Waals surface area contributed by atoms with Crippen LogP contribution in [0, 0.1) is 0 Å². The summed E-state index contributed by atoms with van der Waals surface area (Å²) in [6.45, 7) is 4.33. The fourth-order valence-electron chi connectivity index (χ4n) is 3.20. The molecule has 200 valence electrons. The van der Waals surface area contributed by atoms with Gasteiger partial charge in [-0.1, -0.05) is 35.3 Å². The first-order valence-corrected chi connectivity index (χ1v) is 12.5. The monoisotopic (exact) mass is 550 g/mol. The molecular weight excluding hydrogens is 519 g/mol. The summed E-state index contributed by atoms with van der Waals surface area (Å²) in [7, 11) is 3.07. The van der Waals surface area contributed by atoms with Crippen LogP contribution in [-0.2, 0) is 20.9 Å². The summed E-state index contributed by atoms with van der Waals surface area (Å²) in [6, 6.07) is 11.7. The molecule has 0 fully saturated rings. The third-order valence-electron chi connectivity index (χ3n) is 5.07. The molecule has 0 saturated carbocycles. The molecule has 2 rings (SSSR count). The van der Waals surface area contributed by atoms with E-state index in [0.29, 0.717) is 47.3 Å². The van der Waals surface area contributed by atoms with E-state index in [1.54, 1.807) is 42.3 Å². The maximum absolute atomic E-state index is 12.9. The van der Waals surface area contributed by atoms with E-state index < -0.39 is 6.03 Å². The zero-order valence-electron chi connectivity index (χ0n) is 21.4. The summed E-state index contributed by atoms with van der Waals surface area (Å²) in [6.07, 6.45) is 1.53. The molecule has 3 amide bonds. The van der Waals surface area contributed by atoms with Crippen molar-refractivity contribution >= 4 is 53.3 Å². The van der Waals surface area contributed by atoms with Gasteiger partial charge in [-0.25, -0.2) is 9.79 Å². The molecule has 0 aromatic heterocycles. The first kappa shape index (κ1) is 29.9. The summed E-state index contributed by atoms with van der Waals surface area (Å²) in [5.41, 5.74) is 1.41. The number of hydrogen-bond donors (Lipinski definition) is 1. The minimum absolute atomic E-state index is 0.0471. The van der Waals surface area contributed by atoms with Gasteiger partial charge >= 0.3 is 12.0 Å². The molecule has 1 N–H and O–H groups in total.